The van der Waals surface area contributed by atoms with Crippen molar-refractivity contribution in [3.05, 3.63) is 0 Å². The molecule has 0 aliphatic carbocycles. The van der Waals surface area contributed by atoms with Crippen LogP contribution in [0.1, 0.15) is 39.0 Å². The highest BCUT2D eigenvalue weighted by Crippen LogP contribution is 2.37. The second kappa shape index (κ2) is 6.53. The Kier molecular flexibility index (Phi) is 5.15. The summed E-state index contributed by atoms with van der Waals surface area (Å²) in [5.41, 5.74) is 0.437. The summed E-state index contributed by atoms with van der Waals surface area (Å²) < 4.78 is 0. The van der Waals surface area contributed by atoms with Crippen LogP contribution in [-0.4, -0.2) is 60.4 Å². The van der Waals surface area contributed by atoms with Gasteiger partial charge in [-0.15, -0.1) is 12.4 Å². The Bertz CT molecular complexity index is 400. The summed E-state index contributed by atoms with van der Waals surface area (Å²) in [5, 5.41) is 3.45. The van der Waals surface area contributed by atoms with Crippen molar-refractivity contribution in [1.29, 1.82) is 0 Å². The lowest BCUT2D eigenvalue weighted by atomic mass is 9.77. The van der Waals surface area contributed by atoms with Crippen molar-refractivity contribution in [2.24, 2.45) is 5.41 Å². The third kappa shape index (κ3) is 3.19. The Morgan fingerprint density at radius 1 is 1.14 bits per heavy atom. The van der Waals surface area contributed by atoms with Gasteiger partial charge in [-0.05, 0) is 44.1 Å². The summed E-state index contributed by atoms with van der Waals surface area (Å²) in [6.07, 6.45) is 5.26. The largest absolute Gasteiger partial charge is 0.341 e. The molecule has 1 unspecified atom stereocenters. The highest BCUT2D eigenvalue weighted by Gasteiger charge is 2.41. The van der Waals surface area contributed by atoms with Crippen molar-refractivity contribution >= 4 is 24.2 Å². The summed E-state index contributed by atoms with van der Waals surface area (Å²) in [6.45, 7) is 6.27. The van der Waals surface area contributed by atoms with Crippen LogP contribution in [0.5, 0.6) is 0 Å². The number of hydrogen-bond donors (Lipinski definition) is 1. The average molecular weight is 316 g/mol. The van der Waals surface area contributed by atoms with Crippen molar-refractivity contribution in [3.63, 3.8) is 0 Å². The molecule has 0 aromatic carbocycles. The molecule has 0 aromatic heterocycles. The molecule has 3 aliphatic rings. The Labute approximate surface area is 132 Å². The minimum Gasteiger partial charge on any atom is -0.341 e. The van der Waals surface area contributed by atoms with Gasteiger partial charge >= 0.3 is 0 Å². The molecule has 21 heavy (non-hydrogen) atoms. The number of carbonyl (C=O) groups is 2. The van der Waals surface area contributed by atoms with Crippen molar-refractivity contribution in [1.82, 2.24) is 15.1 Å². The van der Waals surface area contributed by atoms with Crippen LogP contribution in [0.15, 0.2) is 0 Å². The Morgan fingerprint density at radius 2 is 1.86 bits per heavy atom. The normalized spacial score (nSPS) is 27.8. The van der Waals surface area contributed by atoms with Gasteiger partial charge in [0.15, 0.2) is 0 Å². The first-order valence-electron chi connectivity index (χ1n) is 7.88. The Hall–Kier alpha value is -0.810. The number of likely N-dealkylation sites (tertiary alicyclic amines) is 2. The van der Waals surface area contributed by atoms with E-state index in [2.05, 4.69) is 5.32 Å². The van der Waals surface area contributed by atoms with Gasteiger partial charge in [-0.25, -0.2) is 0 Å². The van der Waals surface area contributed by atoms with Crippen LogP contribution in [-0.2, 0) is 9.59 Å². The molecule has 5 nitrogen and oxygen atoms in total. The molecule has 3 saturated heterocycles. The lowest BCUT2D eigenvalue weighted by Gasteiger charge is -2.40. The first-order valence-corrected chi connectivity index (χ1v) is 7.88. The molecule has 2 amide bonds. The lowest BCUT2D eigenvalue weighted by Crippen LogP contribution is -2.51. The minimum absolute atomic E-state index is 0. The van der Waals surface area contributed by atoms with Crippen LogP contribution in [0.4, 0.5) is 0 Å². The SMILES string of the molecule is CC(=O)N1CCCC1C(=O)N1CCC2(CCNC2)CC1.Cl. The van der Waals surface area contributed by atoms with E-state index in [1.807, 2.05) is 4.90 Å². The molecule has 3 rings (SSSR count). The van der Waals surface area contributed by atoms with Gasteiger partial charge in [-0.1, -0.05) is 0 Å². The number of nitrogens with one attached hydrogen (secondary N) is 1. The topological polar surface area (TPSA) is 52.7 Å². The van der Waals surface area contributed by atoms with Crippen LogP contribution in [0, 0.1) is 5.41 Å². The van der Waals surface area contributed by atoms with Gasteiger partial charge in [-0.2, -0.15) is 0 Å². The predicted molar refractivity (Wildman–Crippen MR) is 83.4 cm³/mol. The summed E-state index contributed by atoms with van der Waals surface area (Å²) in [7, 11) is 0. The van der Waals surface area contributed by atoms with E-state index in [9.17, 15) is 9.59 Å². The predicted octanol–water partition coefficient (Wildman–Crippen LogP) is 1.02. The van der Waals surface area contributed by atoms with Gasteiger partial charge < -0.3 is 15.1 Å². The summed E-state index contributed by atoms with van der Waals surface area (Å²) in [4.78, 5) is 28.0. The van der Waals surface area contributed by atoms with E-state index in [-0.39, 0.29) is 30.3 Å². The number of amides is 2. The molecule has 1 atom stereocenters. The highest BCUT2D eigenvalue weighted by molar-refractivity contribution is 5.87. The molecule has 0 aromatic rings. The van der Waals surface area contributed by atoms with Crippen LogP contribution in [0.2, 0.25) is 0 Å². The van der Waals surface area contributed by atoms with E-state index in [4.69, 9.17) is 0 Å². The molecule has 3 heterocycles. The van der Waals surface area contributed by atoms with Gasteiger partial charge in [0, 0.05) is 33.1 Å². The molecular weight excluding hydrogens is 290 g/mol. The van der Waals surface area contributed by atoms with Crippen molar-refractivity contribution < 1.29 is 9.59 Å². The van der Waals surface area contributed by atoms with Crippen molar-refractivity contribution in [2.75, 3.05) is 32.7 Å². The first-order chi connectivity index (χ1) is 9.61. The summed E-state index contributed by atoms with van der Waals surface area (Å²) in [6, 6.07) is -0.191. The highest BCUT2D eigenvalue weighted by atomic mass is 35.5. The maximum Gasteiger partial charge on any atom is 0.245 e. The van der Waals surface area contributed by atoms with Gasteiger partial charge in [0.05, 0.1) is 0 Å². The first kappa shape index (κ1) is 16.6. The molecule has 1 spiro atoms. The second-order valence-corrected chi connectivity index (χ2v) is 6.62. The smallest absolute Gasteiger partial charge is 0.245 e. The van der Waals surface area contributed by atoms with Crippen LogP contribution >= 0.6 is 12.4 Å². The fourth-order valence-electron chi connectivity index (χ4n) is 4.03. The van der Waals surface area contributed by atoms with E-state index in [0.29, 0.717) is 5.41 Å². The Morgan fingerprint density at radius 3 is 2.43 bits per heavy atom. The maximum atomic E-state index is 12.6. The lowest BCUT2D eigenvalue weighted by molar-refractivity contribution is -0.144. The van der Waals surface area contributed by atoms with E-state index in [1.54, 1.807) is 11.8 Å². The number of carbonyl (C=O) groups excluding carboxylic acids is 2. The summed E-state index contributed by atoms with van der Waals surface area (Å²) >= 11 is 0. The molecule has 1 N–H and O–H groups in total. The quantitative estimate of drug-likeness (QED) is 0.786. The van der Waals surface area contributed by atoms with Crippen molar-refractivity contribution in [2.45, 2.75) is 45.1 Å². The standard InChI is InChI=1S/C15H25N3O2.ClH/c1-12(19)18-8-2-3-13(18)14(20)17-9-5-15(6-10-17)4-7-16-11-15;/h13,16H,2-11H2,1H3;1H. The molecule has 3 aliphatic heterocycles. The van der Waals surface area contributed by atoms with E-state index in [1.165, 1.54) is 6.42 Å². The van der Waals surface area contributed by atoms with Gasteiger partial charge in [-0.3, -0.25) is 9.59 Å². The van der Waals surface area contributed by atoms with E-state index >= 15 is 0 Å². The molecule has 120 valence electrons. The van der Waals surface area contributed by atoms with Gasteiger partial charge in [0.25, 0.3) is 0 Å². The van der Waals surface area contributed by atoms with E-state index in [0.717, 1.165) is 58.4 Å². The van der Waals surface area contributed by atoms with Crippen molar-refractivity contribution in [3.8, 4) is 0 Å². The van der Waals surface area contributed by atoms with Crippen LogP contribution in [0.3, 0.4) is 0 Å². The van der Waals surface area contributed by atoms with Crippen LogP contribution in [0.25, 0.3) is 0 Å². The number of hydrogen-bond acceptors (Lipinski definition) is 3. The average Bonchev–Trinajstić information content (AvgIpc) is 3.08. The molecule has 0 radical (unpaired) electrons. The third-order valence-corrected chi connectivity index (χ3v) is 5.41. The number of halogens is 1. The molecule has 0 bridgehead atoms. The molecule has 6 heteroatoms. The number of nitrogens with zero attached hydrogens (tertiary/aromatic N) is 2. The fraction of sp³-hybridized carbons (Fsp3) is 0.867. The van der Waals surface area contributed by atoms with Gasteiger partial charge in [0.1, 0.15) is 6.04 Å². The number of rotatable bonds is 1. The summed E-state index contributed by atoms with van der Waals surface area (Å²) in [5.74, 6) is 0.216. The molecule has 3 fully saturated rings. The van der Waals surface area contributed by atoms with Crippen LogP contribution < -0.4 is 5.32 Å². The third-order valence-electron chi connectivity index (χ3n) is 5.41. The molecule has 0 saturated carbocycles. The Balaban J connectivity index is 0.00000161. The zero-order valence-corrected chi connectivity index (χ0v) is 13.6. The second-order valence-electron chi connectivity index (χ2n) is 6.62. The zero-order valence-electron chi connectivity index (χ0n) is 12.8. The zero-order chi connectivity index (χ0) is 14.2. The fourth-order valence-corrected chi connectivity index (χ4v) is 4.03. The van der Waals surface area contributed by atoms with Gasteiger partial charge in [0.2, 0.25) is 11.8 Å². The maximum absolute atomic E-state index is 12.6. The monoisotopic (exact) mass is 315 g/mol. The minimum atomic E-state index is -0.191. The number of piperidine rings is 1. The molecular formula is C15H26ClN3O2. The van der Waals surface area contributed by atoms with E-state index < -0.39 is 0 Å².